The second kappa shape index (κ2) is 8.87. The Kier molecular flexibility index (Phi) is 6.48. The molecule has 2 N–H and O–H groups in total. The lowest BCUT2D eigenvalue weighted by Gasteiger charge is -2.12. The van der Waals surface area contributed by atoms with Gasteiger partial charge < -0.3 is 15.2 Å². The molecule has 0 saturated heterocycles. The molecule has 0 fully saturated rings. The molecule has 118 valence electrons. The van der Waals surface area contributed by atoms with Gasteiger partial charge >= 0.3 is 0 Å². The van der Waals surface area contributed by atoms with E-state index in [2.05, 4.69) is 46.6 Å². The van der Waals surface area contributed by atoms with E-state index >= 15 is 0 Å². The molecule has 0 aliphatic rings. The van der Waals surface area contributed by atoms with Crippen LogP contribution in [0.3, 0.4) is 0 Å². The summed E-state index contributed by atoms with van der Waals surface area (Å²) in [5, 5.41) is 6.65. The summed E-state index contributed by atoms with van der Waals surface area (Å²) in [5.41, 5.74) is 2.29. The predicted octanol–water partition coefficient (Wildman–Crippen LogP) is 2.73. The summed E-state index contributed by atoms with van der Waals surface area (Å²) < 4.78 is 2.02. The normalized spacial score (nSPS) is 11.5. The molecule has 0 bridgehead atoms. The molecule has 5 nitrogen and oxygen atoms in total. The number of guanidine groups is 1. The van der Waals surface area contributed by atoms with Crippen molar-refractivity contribution in [1.29, 1.82) is 0 Å². The summed E-state index contributed by atoms with van der Waals surface area (Å²) in [6, 6.07) is 8.27. The van der Waals surface area contributed by atoms with Gasteiger partial charge in [-0.05, 0) is 25.0 Å². The molecule has 22 heavy (non-hydrogen) atoms. The minimum Gasteiger partial charge on any atom is -0.357 e. The molecule has 0 spiro atoms. The molecule has 0 radical (unpaired) electrons. The Balaban J connectivity index is 2.10. The van der Waals surface area contributed by atoms with Crippen LogP contribution in [-0.4, -0.2) is 28.6 Å². The van der Waals surface area contributed by atoms with E-state index in [1.54, 1.807) is 6.20 Å². The van der Waals surface area contributed by atoms with Gasteiger partial charge in [0, 0.05) is 25.5 Å². The fraction of sp³-hybridized carbons (Fsp3) is 0.412. The molecular formula is C17H25N5. The van der Waals surface area contributed by atoms with E-state index in [-0.39, 0.29) is 0 Å². The van der Waals surface area contributed by atoms with Crippen LogP contribution in [0.2, 0.25) is 0 Å². The van der Waals surface area contributed by atoms with E-state index in [0.29, 0.717) is 6.54 Å². The predicted molar refractivity (Wildman–Crippen MR) is 91.3 cm³/mol. The SMILES string of the molecule is CCCCNC(=NCc1ccccc1-n1ccnc1)NCC. The minimum absolute atomic E-state index is 0.635. The van der Waals surface area contributed by atoms with Crippen molar-refractivity contribution in [2.24, 2.45) is 4.99 Å². The van der Waals surface area contributed by atoms with Crippen LogP contribution in [0, 0.1) is 0 Å². The third-order valence-corrected chi connectivity index (χ3v) is 3.35. The van der Waals surface area contributed by atoms with Gasteiger partial charge in [-0.2, -0.15) is 0 Å². The first-order chi connectivity index (χ1) is 10.8. The number of nitrogens with one attached hydrogen (secondary N) is 2. The number of hydrogen-bond donors (Lipinski definition) is 2. The van der Waals surface area contributed by atoms with Gasteiger partial charge in [0.15, 0.2) is 5.96 Å². The molecule has 0 aliphatic carbocycles. The van der Waals surface area contributed by atoms with Crippen LogP contribution in [0.25, 0.3) is 5.69 Å². The zero-order valence-electron chi connectivity index (χ0n) is 13.4. The van der Waals surface area contributed by atoms with E-state index in [0.717, 1.165) is 31.2 Å². The fourth-order valence-electron chi connectivity index (χ4n) is 2.19. The summed E-state index contributed by atoms with van der Waals surface area (Å²) >= 11 is 0. The van der Waals surface area contributed by atoms with Crippen LogP contribution < -0.4 is 10.6 Å². The number of rotatable bonds is 7. The lowest BCUT2D eigenvalue weighted by Crippen LogP contribution is -2.37. The summed E-state index contributed by atoms with van der Waals surface area (Å²) in [6.45, 7) is 6.71. The number of imidazole rings is 1. The molecular weight excluding hydrogens is 274 g/mol. The summed E-state index contributed by atoms with van der Waals surface area (Å²) in [5.74, 6) is 0.872. The van der Waals surface area contributed by atoms with Gasteiger partial charge in [0.25, 0.3) is 0 Å². The van der Waals surface area contributed by atoms with Crippen molar-refractivity contribution in [2.75, 3.05) is 13.1 Å². The number of benzene rings is 1. The van der Waals surface area contributed by atoms with Crippen LogP contribution in [0.5, 0.6) is 0 Å². The molecule has 1 aromatic heterocycles. The molecule has 5 heteroatoms. The highest BCUT2D eigenvalue weighted by Gasteiger charge is 2.03. The van der Waals surface area contributed by atoms with E-state index in [9.17, 15) is 0 Å². The summed E-state index contributed by atoms with van der Waals surface area (Å²) in [7, 11) is 0. The van der Waals surface area contributed by atoms with Gasteiger partial charge in [0.05, 0.1) is 18.6 Å². The number of aliphatic imine (C=N–C) groups is 1. The Morgan fingerprint density at radius 3 is 2.82 bits per heavy atom. The molecule has 0 unspecified atom stereocenters. The van der Waals surface area contributed by atoms with Crippen molar-refractivity contribution >= 4 is 5.96 Å². The van der Waals surface area contributed by atoms with Crippen LogP contribution in [0.1, 0.15) is 32.3 Å². The smallest absolute Gasteiger partial charge is 0.191 e. The Morgan fingerprint density at radius 2 is 2.09 bits per heavy atom. The van der Waals surface area contributed by atoms with Crippen LogP contribution in [-0.2, 0) is 6.54 Å². The lowest BCUT2D eigenvalue weighted by atomic mass is 10.2. The molecule has 2 aromatic rings. The first kappa shape index (κ1) is 16.1. The molecule has 2 rings (SSSR count). The molecule has 1 aromatic carbocycles. The topological polar surface area (TPSA) is 54.2 Å². The Labute approximate surface area is 132 Å². The second-order valence-corrected chi connectivity index (χ2v) is 5.07. The molecule has 1 heterocycles. The zero-order valence-corrected chi connectivity index (χ0v) is 13.4. The number of para-hydroxylation sites is 1. The first-order valence-electron chi connectivity index (χ1n) is 7.93. The lowest BCUT2D eigenvalue weighted by molar-refractivity contribution is 0.730. The largest absolute Gasteiger partial charge is 0.357 e. The van der Waals surface area contributed by atoms with Crippen molar-refractivity contribution in [1.82, 2.24) is 20.2 Å². The maximum Gasteiger partial charge on any atom is 0.191 e. The number of hydrogen-bond acceptors (Lipinski definition) is 2. The van der Waals surface area contributed by atoms with Gasteiger partial charge in [-0.3, -0.25) is 0 Å². The van der Waals surface area contributed by atoms with Gasteiger partial charge in [0.1, 0.15) is 0 Å². The number of unbranched alkanes of at least 4 members (excludes halogenated alkanes) is 1. The van der Waals surface area contributed by atoms with E-state index in [4.69, 9.17) is 0 Å². The van der Waals surface area contributed by atoms with Crippen LogP contribution >= 0.6 is 0 Å². The molecule has 0 amide bonds. The highest BCUT2D eigenvalue weighted by atomic mass is 15.2. The van der Waals surface area contributed by atoms with Gasteiger partial charge in [0.2, 0.25) is 0 Å². The van der Waals surface area contributed by atoms with E-state index in [1.165, 1.54) is 12.0 Å². The number of nitrogens with zero attached hydrogens (tertiary/aromatic N) is 3. The monoisotopic (exact) mass is 299 g/mol. The maximum atomic E-state index is 4.69. The van der Waals surface area contributed by atoms with Gasteiger partial charge in [-0.15, -0.1) is 0 Å². The van der Waals surface area contributed by atoms with Crippen molar-refractivity contribution < 1.29 is 0 Å². The Bertz CT molecular complexity index is 574. The third kappa shape index (κ3) is 4.62. The zero-order chi connectivity index (χ0) is 15.6. The van der Waals surface area contributed by atoms with Crippen LogP contribution in [0.15, 0.2) is 48.0 Å². The van der Waals surface area contributed by atoms with E-state index < -0.39 is 0 Å². The Morgan fingerprint density at radius 1 is 1.23 bits per heavy atom. The average Bonchev–Trinajstić information content (AvgIpc) is 3.07. The minimum atomic E-state index is 0.635. The van der Waals surface area contributed by atoms with Gasteiger partial charge in [-0.25, -0.2) is 9.98 Å². The third-order valence-electron chi connectivity index (χ3n) is 3.35. The highest BCUT2D eigenvalue weighted by Crippen LogP contribution is 2.14. The van der Waals surface area contributed by atoms with Crippen molar-refractivity contribution in [3.63, 3.8) is 0 Å². The fourth-order valence-corrected chi connectivity index (χ4v) is 2.19. The number of aromatic nitrogens is 2. The van der Waals surface area contributed by atoms with E-state index in [1.807, 2.05) is 29.2 Å². The highest BCUT2D eigenvalue weighted by molar-refractivity contribution is 5.79. The molecule has 0 atom stereocenters. The van der Waals surface area contributed by atoms with Crippen molar-refractivity contribution in [3.8, 4) is 5.69 Å². The van der Waals surface area contributed by atoms with Gasteiger partial charge in [-0.1, -0.05) is 31.5 Å². The summed E-state index contributed by atoms with van der Waals surface area (Å²) in [6.07, 6.45) is 7.88. The van der Waals surface area contributed by atoms with Crippen molar-refractivity contribution in [3.05, 3.63) is 48.5 Å². The maximum absolute atomic E-state index is 4.69. The van der Waals surface area contributed by atoms with Crippen molar-refractivity contribution in [2.45, 2.75) is 33.2 Å². The van der Waals surface area contributed by atoms with Crippen LogP contribution in [0.4, 0.5) is 0 Å². The molecule has 0 saturated carbocycles. The average molecular weight is 299 g/mol. The molecule has 0 aliphatic heterocycles. The second-order valence-electron chi connectivity index (χ2n) is 5.07. The first-order valence-corrected chi connectivity index (χ1v) is 7.93. The summed E-state index contributed by atoms with van der Waals surface area (Å²) in [4.78, 5) is 8.80. The quantitative estimate of drug-likeness (QED) is 0.469. The Hall–Kier alpha value is -2.30. The standard InChI is InChI=1S/C17H25N5/c1-3-5-10-20-17(19-4-2)21-13-15-8-6-7-9-16(15)22-12-11-18-14-22/h6-9,11-12,14H,3-5,10,13H2,1-2H3,(H2,19,20,21).